The van der Waals surface area contributed by atoms with Crippen LogP contribution in [0, 0.1) is 6.92 Å². The molecule has 0 saturated heterocycles. The molecule has 2 aromatic rings. The Morgan fingerprint density at radius 2 is 2.14 bits per heavy atom. The summed E-state index contributed by atoms with van der Waals surface area (Å²) in [6.07, 6.45) is 0.656. The molecule has 0 unspecified atom stereocenters. The fourth-order valence-electron chi connectivity index (χ4n) is 2.33. The van der Waals surface area contributed by atoms with E-state index in [9.17, 15) is 8.42 Å². The van der Waals surface area contributed by atoms with E-state index >= 15 is 0 Å². The van der Waals surface area contributed by atoms with Crippen molar-refractivity contribution in [2.45, 2.75) is 18.2 Å². The zero-order valence-electron chi connectivity index (χ0n) is 11.6. The van der Waals surface area contributed by atoms with Gasteiger partial charge in [0.05, 0.1) is 12.3 Å². The third-order valence-electron chi connectivity index (χ3n) is 3.24. The maximum atomic E-state index is 12.6. The average molecular weight is 328 g/mol. The highest BCUT2D eigenvalue weighted by atomic mass is 35.5. The predicted molar refractivity (Wildman–Crippen MR) is 79.4 cm³/mol. The second kappa shape index (κ2) is 4.92. The van der Waals surface area contributed by atoms with E-state index in [1.807, 2.05) is 0 Å². The molecule has 1 aromatic heterocycles. The van der Waals surface area contributed by atoms with Gasteiger partial charge in [0.1, 0.15) is 16.5 Å². The van der Waals surface area contributed by atoms with Crippen LogP contribution in [0.25, 0.3) is 0 Å². The summed E-state index contributed by atoms with van der Waals surface area (Å²) in [5.74, 6) is 0.769. The molecule has 21 heavy (non-hydrogen) atoms. The van der Waals surface area contributed by atoms with E-state index in [1.165, 1.54) is 10.7 Å². The molecule has 1 aliphatic heterocycles. The number of aryl methyl sites for hydroxylation is 2. The number of sulfonamides is 1. The molecule has 0 saturated carbocycles. The van der Waals surface area contributed by atoms with Crippen LogP contribution in [-0.2, 0) is 23.5 Å². The summed E-state index contributed by atoms with van der Waals surface area (Å²) in [6, 6.07) is 4.79. The van der Waals surface area contributed by atoms with Crippen LogP contribution in [0.5, 0.6) is 5.75 Å². The third-order valence-corrected chi connectivity index (χ3v) is 4.82. The number of nitrogens with zero attached hydrogens (tertiary/aromatic N) is 2. The van der Waals surface area contributed by atoms with Crippen LogP contribution >= 0.6 is 11.6 Å². The van der Waals surface area contributed by atoms with Crippen molar-refractivity contribution in [1.82, 2.24) is 9.78 Å². The molecule has 3 rings (SSSR count). The van der Waals surface area contributed by atoms with E-state index < -0.39 is 10.0 Å². The largest absolute Gasteiger partial charge is 0.492 e. The molecule has 112 valence electrons. The van der Waals surface area contributed by atoms with Gasteiger partial charge in [-0.1, -0.05) is 11.6 Å². The molecule has 0 bridgehead atoms. The van der Waals surface area contributed by atoms with E-state index in [0.717, 1.165) is 11.3 Å². The lowest BCUT2D eigenvalue weighted by atomic mass is 10.2. The molecule has 0 spiro atoms. The van der Waals surface area contributed by atoms with E-state index in [1.54, 1.807) is 26.1 Å². The fraction of sp³-hybridized carbons (Fsp3) is 0.308. The van der Waals surface area contributed by atoms with Gasteiger partial charge in [0.15, 0.2) is 0 Å². The van der Waals surface area contributed by atoms with Gasteiger partial charge in [0.2, 0.25) is 0 Å². The number of anilines is 1. The molecule has 6 nitrogen and oxygen atoms in total. The first-order chi connectivity index (χ1) is 9.87. The van der Waals surface area contributed by atoms with Gasteiger partial charge in [-0.2, -0.15) is 5.10 Å². The molecule has 1 aliphatic rings. The number of aromatic nitrogens is 2. The van der Waals surface area contributed by atoms with Crippen LogP contribution in [0.1, 0.15) is 11.3 Å². The smallest absolute Gasteiger partial charge is 0.266 e. The molecule has 0 atom stereocenters. The number of benzene rings is 1. The summed E-state index contributed by atoms with van der Waals surface area (Å²) < 4.78 is 34.6. The molecule has 0 radical (unpaired) electrons. The monoisotopic (exact) mass is 327 g/mol. The van der Waals surface area contributed by atoms with Gasteiger partial charge in [0.25, 0.3) is 10.0 Å². The number of hydrogen-bond acceptors (Lipinski definition) is 4. The molecule has 1 N–H and O–H groups in total. The summed E-state index contributed by atoms with van der Waals surface area (Å²) >= 11 is 6.01. The summed E-state index contributed by atoms with van der Waals surface area (Å²) in [4.78, 5) is 0.0568. The topological polar surface area (TPSA) is 73.2 Å². The van der Waals surface area contributed by atoms with Gasteiger partial charge in [-0.15, -0.1) is 0 Å². The highest BCUT2D eigenvalue weighted by molar-refractivity contribution is 7.92. The second-order valence-corrected chi connectivity index (χ2v) is 6.98. The summed E-state index contributed by atoms with van der Waals surface area (Å²) in [6.45, 7) is 2.25. The van der Waals surface area contributed by atoms with Crippen LogP contribution in [-0.4, -0.2) is 24.8 Å². The van der Waals surface area contributed by atoms with Crippen LogP contribution < -0.4 is 9.46 Å². The average Bonchev–Trinajstić information content (AvgIpc) is 2.94. The van der Waals surface area contributed by atoms with E-state index in [2.05, 4.69) is 9.82 Å². The normalized spacial score (nSPS) is 13.9. The summed E-state index contributed by atoms with van der Waals surface area (Å²) in [5.41, 5.74) is 1.53. The Hall–Kier alpha value is -1.73. The van der Waals surface area contributed by atoms with E-state index in [4.69, 9.17) is 16.3 Å². The Kier molecular flexibility index (Phi) is 3.33. The van der Waals surface area contributed by atoms with Gasteiger partial charge in [-0.05, 0) is 19.1 Å². The summed E-state index contributed by atoms with van der Waals surface area (Å²) in [7, 11) is -2.12. The number of rotatable bonds is 3. The van der Waals surface area contributed by atoms with Crippen molar-refractivity contribution in [2.75, 3.05) is 11.3 Å². The number of halogens is 1. The Labute approximate surface area is 127 Å². The van der Waals surface area contributed by atoms with Crippen LogP contribution in [0.15, 0.2) is 23.1 Å². The minimum atomic E-state index is -3.79. The lowest BCUT2D eigenvalue weighted by molar-refractivity contribution is 0.348. The van der Waals surface area contributed by atoms with Crippen molar-refractivity contribution < 1.29 is 13.2 Å². The first kappa shape index (κ1) is 14.2. The van der Waals surface area contributed by atoms with E-state index in [0.29, 0.717) is 29.6 Å². The maximum absolute atomic E-state index is 12.6. The Balaban J connectivity index is 2.05. The first-order valence-electron chi connectivity index (χ1n) is 6.35. The number of ether oxygens (including phenoxy) is 1. The molecule has 2 heterocycles. The van der Waals surface area contributed by atoms with Crippen LogP contribution in [0.2, 0.25) is 5.02 Å². The summed E-state index contributed by atoms with van der Waals surface area (Å²) in [5, 5.41) is 4.49. The number of fused-ring (bicyclic) bond motifs is 1. The standard InChI is InChI=1S/C13H14ClN3O3S/c1-8-5-12(17(2)15-8)16-21(18,19)11-7-10(14)6-9-3-4-20-13(9)11/h5-7,16H,3-4H2,1-2H3. The zero-order valence-corrected chi connectivity index (χ0v) is 13.1. The lowest BCUT2D eigenvalue weighted by Crippen LogP contribution is -2.16. The maximum Gasteiger partial charge on any atom is 0.266 e. The molecular formula is C13H14ClN3O3S. The van der Waals surface area contributed by atoms with Crippen molar-refractivity contribution in [3.05, 3.63) is 34.5 Å². The van der Waals surface area contributed by atoms with Crippen LogP contribution in [0.4, 0.5) is 5.82 Å². The molecule has 0 fully saturated rings. The van der Waals surface area contributed by atoms with Gasteiger partial charge in [-0.25, -0.2) is 8.42 Å². The highest BCUT2D eigenvalue weighted by Gasteiger charge is 2.27. The molecule has 8 heteroatoms. The van der Waals surface area contributed by atoms with Gasteiger partial charge in [0, 0.05) is 30.1 Å². The third kappa shape index (κ3) is 2.58. The van der Waals surface area contributed by atoms with Crippen molar-refractivity contribution >= 4 is 27.4 Å². The minimum absolute atomic E-state index is 0.0568. The van der Waals surface area contributed by atoms with E-state index in [-0.39, 0.29) is 4.90 Å². The second-order valence-electron chi connectivity index (χ2n) is 4.89. The Morgan fingerprint density at radius 3 is 2.81 bits per heavy atom. The minimum Gasteiger partial charge on any atom is -0.492 e. The van der Waals surface area contributed by atoms with Crippen molar-refractivity contribution in [2.24, 2.45) is 7.05 Å². The molecular weight excluding hydrogens is 314 g/mol. The molecule has 0 aliphatic carbocycles. The predicted octanol–water partition coefficient (Wildman–Crippen LogP) is 2.12. The van der Waals surface area contributed by atoms with Crippen molar-refractivity contribution in [3.8, 4) is 5.75 Å². The number of nitrogens with one attached hydrogen (secondary N) is 1. The van der Waals surface area contributed by atoms with Gasteiger partial charge < -0.3 is 4.74 Å². The van der Waals surface area contributed by atoms with Crippen molar-refractivity contribution in [1.29, 1.82) is 0 Å². The Bertz CT molecular complexity index is 814. The first-order valence-corrected chi connectivity index (χ1v) is 8.21. The Morgan fingerprint density at radius 1 is 1.38 bits per heavy atom. The van der Waals surface area contributed by atoms with Crippen LogP contribution in [0.3, 0.4) is 0 Å². The zero-order chi connectivity index (χ0) is 15.2. The molecule has 0 amide bonds. The van der Waals surface area contributed by atoms with Gasteiger partial charge in [-0.3, -0.25) is 9.40 Å². The van der Waals surface area contributed by atoms with Gasteiger partial charge >= 0.3 is 0 Å². The number of hydrogen-bond donors (Lipinski definition) is 1. The lowest BCUT2D eigenvalue weighted by Gasteiger charge is -2.11. The van der Waals surface area contributed by atoms with Crippen molar-refractivity contribution in [3.63, 3.8) is 0 Å². The fourth-order valence-corrected chi connectivity index (χ4v) is 3.93. The SMILES string of the molecule is Cc1cc(NS(=O)(=O)c2cc(Cl)cc3c2OCC3)n(C)n1. The highest BCUT2D eigenvalue weighted by Crippen LogP contribution is 2.36. The quantitative estimate of drug-likeness (QED) is 0.937. The molecule has 1 aromatic carbocycles.